The van der Waals surface area contributed by atoms with Crippen LogP contribution in [0.1, 0.15) is 30.1 Å². The summed E-state index contributed by atoms with van der Waals surface area (Å²) < 4.78 is 5.70. The Balaban J connectivity index is 1.59. The van der Waals surface area contributed by atoms with Crippen LogP contribution in [-0.2, 0) is 4.74 Å². The predicted molar refractivity (Wildman–Crippen MR) is 98.2 cm³/mol. The van der Waals surface area contributed by atoms with E-state index in [0.717, 1.165) is 23.3 Å². The second kappa shape index (κ2) is 7.93. The molecule has 0 bridgehead atoms. The van der Waals surface area contributed by atoms with Gasteiger partial charge in [0, 0.05) is 42.0 Å². The van der Waals surface area contributed by atoms with Gasteiger partial charge in [-0.3, -0.25) is 4.79 Å². The molecule has 1 aliphatic heterocycles. The van der Waals surface area contributed by atoms with E-state index in [1.54, 1.807) is 24.2 Å². The Bertz CT molecular complexity index is 750. The van der Waals surface area contributed by atoms with Gasteiger partial charge < -0.3 is 19.9 Å². The zero-order valence-electron chi connectivity index (χ0n) is 13.9. The standard InChI is InChI=1S/C17H20ClN3O3S/c1-2-24-17(23)21-7-5-11(6-8-21)20-16(22)13-10-19-9-12(13)14-3-4-15(18)25-14/h3-4,9-11,19H,2,5-8H2,1H3,(H,20,22). The molecule has 2 aromatic heterocycles. The fraction of sp³-hybridized carbons (Fsp3) is 0.412. The Kier molecular flexibility index (Phi) is 5.65. The molecular formula is C17H20ClN3O3S. The molecule has 1 fully saturated rings. The van der Waals surface area contributed by atoms with Crippen LogP contribution in [0.5, 0.6) is 0 Å². The fourth-order valence-corrected chi connectivity index (χ4v) is 3.97. The van der Waals surface area contributed by atoms with Crippen LogP contribution < -0.4 is 5.32 Å². The SMILES string of the molecule is CCOC(=O)N1CCC(NC(=O)c2c[nH]cc2-c2ccc(Cl)s2)CC1. The van der Waals surface area contributed by atoms with E-state index in [1.807, 2.05) is 12.1 Å². The highest BCUT2D eigenvalue weighted by molar-refractivity contribution is 7.19. The Morgan fingerprint density at radius 2 is 2.12 bits per heavy atom. The number of aromatic amines is 1. The number of aromatic nitrogens is 1. The Labute approximate surface area is 155 Å². The Morgan fingerprint density at radius 3 is 2.76 bits per heavy atom. The maximum absolute atomic E-state index is 12.6. The van der Waals surface area contributed by atoms with Gasteiger partial charge in [-0.05, 0) is 31.9 Å². The van der Waals surface area contributed by atoms with Crippen molar-refractivity contribution in [1.82, 2.24) is 15.2 Å². The first-order valence-electron chi connectivity index (χ1n) is 8.23. The fourth-order valence-electron chi connectivity index (χ4n) is 2.90. The molecule has 25 heavy (non-hydrogen) atoms. The van der Waals surface area contributed by atoms with Crippen LogP contribution in [0.15, 0.2) is 24.5 Å². The van der Waals surface area contributed by atoms with Crippen molar-refractivity contribution in [2.75, 3.05) is 19.7 Å². The molecule has 0 unspecified atom stereocenters. The molecule has 2 aromatic rings. The van der Waals surface area contributed by atoms with Crippen molar-refractivity contribution in [3.05, 3.63) is 34.4 Å². The zero-order valence-corrected chi connectivity index (χ0v) is 15.5. The number of hydrogen-bond donors (Lipinski definition) is 2. The first kappa shape index (κ1) is 17.8. The summed E-state index contributed by atoms with van der Waals surface area (Å²) in [6.07, 6.45) is 4.66. The average molecular weight is 382 g/mol. The summed E-state index contributed by atoms with van der Waals surface area (Å²) in [6.45, 7) is 3.34. The quantitative estimate of drug-likeness (QED) is 0.847. The van der Waals surface area contributed by atoms with Gasteiger partial charge in [-0.15, -0.1) is 11.3 Å². The first-order valence-corrected chi connectivity index (χ1v) is 9.43. The smallest absolute Gasteiger partial charge is 0.409 e. The lowest BCUT2D eigenvalue weighted by Gasteiger charge is -2.31. The highest BCUT2D eigenvalue weighted by Gasteiger charge is 2.25. The van der Waals surface area contributed by atoms with E-state index in [9.17, 15) is 9.59 Å². The first-order chi connectivity index (χ1) is 12.1. The van der Waals surface area contributed by atoms with Crippen molar-refractivity contribution in [2.24, 2.45) is 0 Å². The second-order valence-corrected chi connectivity index (χ2v) is 7.54. The average Bonchev–Trinajstić information content (AvgIpc) is 3.24. The van der Waals surface area contributed by atoms with E-state index in [0.29, 0.717) is 29.6 Å². The summed E-state index contributed by atoms with van der Waals surface area (Å²) in [5, 5.41) is 3.06. The molecule has 3 heterocycles. The summed E-state index contributed by atoms with van der Waals surface area (Å²) in [6, 6.07) is 3.78. The predicted octanol–water partition coefficient (Wildman–Crippen LogP) is 3.75. The molecule has 1 saturated heterocycles. The molecule has 8 heteroatoms. The molecule has 1 aliphatic rings. The molecule has 0 atom stereocenters. The van der Waals surface area contributed by atoms with Gasteiger partial charge in [0.05, 0.1) is 16.5 Å². The van der Waals surface area contributed by atoms with E-state index in [-0.39, 0.29) is 18.0 Å². The number of hydrogen-bond acceptors (Lipinski definition) is 4. The minimum absolute atomic E-state index is 0.0489. The van der Waals surface area contributed by atoms with Crippen LogP contribution in [0.2, 0.25) is 4.34 Å². The number of nitrogens with zero attached hydrogens (tertiary/aromatic N) is 1. The van der Waals surface area contributed by atoms with Crippen molar-refractivity contribution in [2.45, 2.75) is 25.8 Å². The number of carbonyl (C=O) groups is 2. The van der Waals surface area contributed by atoms with Crippen LogP contribution in [-0.4, -0.2) is 47.6 Å². The lowest BCUT2D eigenvalue weighted by atomic mass is 10.0. The van der Waals surface area contributed by atoms with E-state index in [2.05, 4.69) is 10.3 Å². The molecule has 2 N–H and O–H groups in total. The number of nitrogens with one attached hydrogen (secondary N) is 2. The summed E-state index contributed by atoms with van der Waals surface area (Å²) in [5.74, 6) is -0.115. The van der Waals surface area contributed by atoms with Gasteiger partial charge in [0.25, 0.3) is 5.91 Å². The lowest BCUT2D eigenvalue weighted by Crippen LogP contribution is -2.46. The van der Waals surface area contributed by atoms with Crippen molar-refractivity contribution in [1.29, 1.82) is 0 Å². The zero-order chi connectivity index (χ0) is 17.8. The summed E-state index contributed by atoms with van der Waals surface area (Å²) in [5.41, 5.74) is 1.45. The number of halogens is 1. The minimum atomic E-state index is -0.283. The number of carbonyl (C=O) groups excluding carboxylic acids is 2. The maximum atomic E-state index is 12.6. The largest absolute Gasteiger partial charge is 0.450 e. The van der Waals surface area contributed by atoms with Crippen molar-refractivity contribution in [3.8, 4) is 10.4 Å². The monoisotopic (exact) mass is 381 g/mol. The van der Waals surface area contributed by atoms with Crippen LogP contribution >= 0.6 is 22.9 Å². The lowest BCUT2D eigenvalue weighted by molar-refractivity contribution is 0.0860. The van der Waals surface area contributed by atoms with Crippen LogP contribution in [0.4, 0.5) is 4.79 Å². The Hall–Kier alpha value is -1.99. The molecule has 2 amide bonds. The summed E-state index contributed by atoms with van der Waals surface area (Å²) in [4.78, 5) is 30.0. The van der Waals surface area contributed by atoms with Crippen LogP contribution in [0, 0.1) is 0 Å². The topological polar surface area (TPSA) is 74.4 Å². The third kappa shape index (κ3) is 4.16. The van der Waals surface area contributed by atoms with Gasteiger partial charge in [-0.25, -0.2) is 4.79 Å². The summed E-state index contributed by atoms with van der Waals surface area (Å²) in [7, 11) is 0. The second-order valence-electron chi connectivity index (χ2n) is 5.82. The van der Waals surface area contributed by atoms with Gasteiger partial charge >= 0.3 is 6.09 Å². The van der Waals surface area contributed by atoms with Gasteiger partial charge in [-0.1, -0.05) is 11.6 Å². The normalized spacial score (nSPS) is 15.2. The minimum Gasteiger partial charge on any atom is -0.450 e. The molecule has 0 saturated carbocycles. The van der Waals surface area contributed by atoms with Gasteiger partial charge in [0.1, 0.15) is 0 Å². The molecule has 0 radical (unpaired) electrons. The molecule has 3 rings (SSSR count). The number of thiophene rings is 1. The maximum Gasteiger partial charge on any atom is 0.409 e. The molecule has 0 spiro atoms. The molecular weight excluding hydrogens is 362 g/mol. The number of piperidine rings is 1. The third-order valence-electron chi connectivity index (χ3n) is 4.18. The molecule has 0 aromatic carbocycles. The van der Waals surface area contributed by atoms with Gasteiger partial charge in [0.2, 0.25) is 0 Å². The van der Waals surface area contributed by atoms with Crippen molar-refractivity contribution < 1.29 is 14.3 Å². The number of ether oxygens (including phenoxy) is 1. The Morgan fingerprint density at radius 1 is 1.36 bits per heavy atom. The van der Waals surface area contributed by atoms with Crippen LogP contribution in [0.25, 0.3) is 10.4 Å². The van der Waals surface area contributed by atoms with Gasteiger partial charge in [-0.2, -0.15) is 0 Å². The van der Waals surface area contributed by atoms with Crippen molar-refractivity contribution >= 4 is 34.9 Å². The van der Waals surface area contributed by atoms with Crippen LogP contribution in [0.3, 0.4) is 0 Å². The number of likely N-dealkylation sites (tertiary alicyclic amines) is 1. The number of H-pyrrole nitrogens is 1. The van der Waals surface area contributed by atoms with Crippen molar-refractivity contribution in [3.63, 3.8) is 0 Å². The highest BCUT2D eigenvalue weighted by atomic mass is 35.5. The van der Waals surface area contributed by atoms with E-state index >= 15 is 0 Å². The molecule has 6 nitrogen and oxygen atoms in total. The van der Waals surface area contributed by atoms with E-state index in [4.69, 9.17) is 16.3 Å². The molecule has 134 valence electrons. The highest BCUT2D eigenvalue weighted by Crippen LogP contribution is 2.33. The third-order valence-corrected chi connectivity index (χ3v) is 5.45. The van der Waals surface area contributed by atoms with E-state index in [1.165, 1.54) is 11.3 Å². The summed E-state index contributed by atoms with van der Waals surface area (Å²) >= 11 is 7.43. The number of rotatable bonds is 4. The van der Waals surface area contributed by atoms with Gasteiger partial charge in [0.15, 0.2) is 0 Å². The van der Waals surface area contributed by atoms with E-state index < -0.39 is 0 Å². The number of amides is 2. The molecule has 0 aliphatic carbocycles.